The van der Waals surface area contributed by atoms with Gasteiger partial charge in [0.25, 0.3) is 0 Å². The number of hydrogen-bond acceptors (Lipinski definition) is 3. The van der Waals surface area contributed by atoms with Crippen LogP contribution in [0.3, 0.4) is 0 Å². The third-order valence-corrected chi connectivity index (χ3v) is 7.54. The first-order valence-electron chi connectivity index (χ1n) is 13.8. The Kier molecular flexibility index (Phi) is 7.69. The summed E-state index contributed by atoms with van der Waals surface area (Å²) < 4.78 is 8.07. The number of nitriles is 2. The molecule has 4 heteroatoms. The van der Waals surface area contributed by atoms with E-state index >= 15 is 0 Å². The Balaban J connectivity index is 1.90. The molecule has 204 valence electrons. The van der Waals surface area contributed by atoms with Gasteiger partial charge in [-0.05, 0) is 95.5 Å². The number of benzene rings is 3. The Hall–Kier alpha value is -4.28. The molecule has 0 saturated carbocycles. The molecule has 0 amide bonds. The maximum absolute atomic E-state index is 10.2. The molecule has 3 aromatic carbocycles. The topological polar surface area (TPSA) is 61.7 Å². The Morgan fingerprint density at radius 1 is 0.850 bits per heavy atom. The lowest BCUT2D eigenvalue weighted by molar-refractivity contribution is 0.411. The molecular weight excluding hydrogens is 490 g/mol. The van der Waals surface area contributed by atoms with Crippen LogP contribution >= 0.6 is 0 Å². The molecule has 1 aromatic heterocycles. The maximum Gasteiger partial charge on any atom is 0.127 e. The van der Waals surface area contributed by atoms with Crippen LogP contribution in [0.5, 0.6) is 5.75 Å². The monoisotopic (exact) mass is 529 g/mol. The van der Waals surface area contributed by atoms with Crippen molar-refractivity contribution in [2.45, 2.75) is 67.3 Å². The van der Waals surface area contributed by atoms with E-state index in [-0.39, 0.29) is 10.8 Å². The first-order chi connectivity index (χ1) is 18.8. The van der Waals surface area contributed by atoms with Gasteiger partial charge in [-0.1, -0.05) is 53.7 Å². The van der Waals surface area contributed by atoms with E-state index < -0.39 is 0 Å². The van der Waals surface area contributed by atoms with Gasteiger partial charge in [0.2, 0.25) is 0 Å². The molecule has 0 fully saturated rings. The summed E-state index contributed by atoms with van der Waals surface area (Å²) in [5.41, 5.74) is 8.45. The van der Waals surface area contributed by atoms with Gasteiger partial charge in [0.15, 0.2) is 0 Å². The van der Waals surface area contributed by atoms with E-state index in [1.165, 1.54) is 5.56 Å². The van der Waals surface area contributed by atoms with Crippen molar-refractivity contribution in [3.63, 3.8) is 0 Å². The van der Waals surface area contributed by atoms with Crippen molar-refractivity contribution in [2.75, 3.05) is 7.11 Å². The van der Waals surface area contributed by atoms with Crippen LogP contribution in [0, 0.1) is 35.0 Å². The largest absolute Gasteiger partial charge is 0.496 e. The molecule has 0 bridgehead atoms. The van der Waals surface area contributed by atoms with Crippen LogP contribution in [0.2, 0.25) is 0 Å². The van der Waals surface area contributed by atoms with E-state index in [0.29, 0.717) is 11.3 Å². The van der Waals surface area contributed by atoms with Crippen LogP contribution in [0.15, 0.2) is 54.1 Å². The Morgan fingerprint density at radius 3 is 1.88 bits per heavy atom. The van der Waals surface area contributed by atoms with Gasteiger partial charge in [0, 0.05) is 39.5 Å². The van der Waals surface area contributed by atoms with E-state index in [1.807, 2.05) is 12.2 Å². The van der Waals surface area contributed by atoms with Gasteiger partial charge < -0.3 is 9.30 Å². The van der Waals surface area contributed by atoms with Crippen LogP contribution in [-0.4, -0.2) is 11.7 Å². The third-order valence-electron chi connectivity index (χ3n) is 7.54. The molecule has 0 saturated heterocycles. The van der Waals surface area contributed by atoms with Crippen molar-refractivity contribution in [1.29, 1.82) is 10.5 Å². The van der Waals surface area contributed by atoms with Gasteiger partial charge in [-0.2, -0.15) is 10.5 Å². The highest BCUT2D eigenvalue weighted by Crippen LogP contribution is 2.37. The molecule has 0 aliphatic rings. The van der Waals surface area contributed by atoms with Gasteiger partial charge in [-0.15, -0.1) is 0 Å². The molecule has 0 aliphatic heterocycles. The molecule has 0 spiro atoms. The van der Waals surface area contributed by atoms with E-state index in [0.717, 1.165) is 56.2 Å². The molecule has 4 aromatic rings. The van der Waals surface area contributed by atoms with Crippen molar-refractivity contribution >= 4 is 39.5 Å². The average molecular weight is 530 g/mol. The van der Waals surface area contributed by atoms with Crippen molar-refractivity contribution in [2.24, 2.45) is 5.41 Å². The molecular formula is C36H39N3O. The van der Waals surface area contributed by atoms with Crippen LogP contribution in [0.25, 0.3) is 39.5 Å². The molecule has 40 heavy (non-hydrogen) atoms. The second-order valence-corrected chi connectivity index (χ2v) is 12.5. The number of rotatable bonds is 5. The lowest BCUT2D eigenvalue weighted by atomic mass is 9.82. The highest BCUT2D eigenvalue weighted by Gasteiger charge is 2.21. The van der Waals surface area contributed by atoms with Gasteiger partial charge in [-0.25, -0.2) is 0 Å². The number of allylic oxidation sites excluding steroid dienone is 2. The molecule has 0 unspecified atom stereocenters. The lowest BCUT2D eigenvalue weighted by Crippen LogP contribution is -2.13. The van der Waals surface area contributed by atoms with Gasteiger partial charge >= 0.3 is 0 Å². The summed E-state index contributed by atoms with van der Waals surface area (Å²) in [7, 11) is 1.66. The van der Waals surface area contributed by atoms with Gasteiger partial charge in [0.1, 0.15) is 5.75 Å². The first kappa shape index (κ1) is 28.7. The standard InChI is InChI=1S/C36H39N3O/c1-10-39-32-13-11-24(16-26(21-37)28-15-23(2)31(36(6,7)8)20-34(28)40-9)18-29(32)30-19-25(12-14-33(30)39)17-27(22-38)35(3,4)5/h11-20H,10H2,1-9H3/b26-16+,27-17+. The van der Waals surface area contributed by atoms with Crippen molar-refractivity contribution < 1.29 is 4.74 Å². The zero-order chi connectivity index (χ0) is 29.4. The maximum atomic E-state index is 10.2. The minimum Gasteiger partial charge on any atom is -0.496 e. The predicted octanol–water partition coefficient (Wildman–Crippen LogP) is 9.45. The molecule has 0 radical (unpaired) electrons. The summed E-state index contributed by atoms with van der Waals surface area (Å²) in [6.45, 7) is 17.8. The molecule has 4 rings (SSSR count). The number of fused-ring (bicyclic) bond motifs is 3. The van der Waals surface area contributed by atoms with Gasteiger partial charge in [-0.3, -0.25) is 0 Å². The normalized spacial score (nSPS) is 13.0. The number of aromatic nitrogens is 1. The average Bonchev–Trinajstić information content (AvgIpc) is 3.21. The summed E-state index contributed by atoms with van der Waals surface area (Å²) in [6.07, 6.45) is 3.93. The summed E-state index contributed by atoms with van der Waals surface area (Å²) in [5.74, 6) is 0.704. The summed E-state index contributed by atoms with van der Waals surface area (Å²) in [6, 6.07) is 21.7. The van der Waals surface area contributed by atoms with E-state index in [2.05, 4.69) is 121 Å². The molecule has 0 atom stereocenters. The number of hydrogen-bond donors (Lipinski definition) is 0. The molecule has 0 aliphatic carbocycles. The summed E-state index contributed by atoms with van der Waals surface area (Å²) >= 11 is 0. The van der Waals surface area contributed by atoms with Crippen molar-refractivity contribution in [3.8, 4) is 17.9 Å². The molecule has 4 nitrogen and oxygen atoms in total. The van der Waals surface area contributed by atoms with Crippen LogP contribution in [0.1, 0.15) is 76.3 Å². The van der Waals surface area contributed by atoms with E-state index in [4.69, 9.17) is 4.74 Å². The Morgan fingerprint density at radius 2 is 1.43 bits per heavy atom. The van der Waals surface area contributed by atoms with Crippen molar-refractivity contribution in [3.05, 3.63) is 81.9 Å². The molecule has 0 N–H and O–H groups in total. The third kappa shape index (κ3) is 5.41. The van der Waals surface area contributed by atoms with Gasteiger partial charge in [0.05, 0.1) is 24.8 Å². The number of ether oxygens (including phenoxy) is 1. The predicted molar refractivity (Wildman–Crippen MR) is 168 cm³/mol. The first-order valence-corrected chi connectivity index (χ1v) is 13.8. The number of methoxy groups -OCH3 is 1. The number of nitrogens with zero attached hydrogens (tertiary/aromatic N) is 3. The zero-order valence-electron chi connectivity index (χ0n) is 25.2. The summed E-state index contributed by atoms with van der Waals surface area (Å²) in [4.78, 5) is 0. The lowest BCUT2D eigenvalue weighted by Gasteiger charge is -2.23. The minimum atomic E-state index is -0.225. The second-order valence-electron chi connectivity index (χ2n) is 12.5. The second kappa shape index (κ2) is 10.7. The van der Waals surface area contributed by atoms with Crippen LogP contribution < -0.4 is 4.74 Å². The van der Waals surface area contributed by atoms with Crippen molar-refractivity contribution in [1.82, 2.24) is 4.57 Å². The Bertz CT molecular complexity index is 1750. The fourth-order valence-electron chi connectivity index (χ4n) is 5.46. The highest BCUT2D eigenvalue weighted by molar-refractivity contribution is 6.09. The SMILES string of the molecule is CCn1c2ccc(/C=C(\C#N)c3cc(C)c(C(C)(C)C)cc3OC)cc2c2cc(/C=C(\C#N)C(C)(C)C)ccc21. The minimum absolute atomic E-state index is 0.0279. The van der Waals surface area contributed by atoms with E-state index in [1.54, 1.807) is 7.11 Å². The van der Waals surface area contributed by atoms with Crippen LogP contribution in [-0.2, 0) is 12.0 Å². The smallest absolute Gasteiger partial charge is 0.127 e. The zero-order valence-corrected chi connectivity index (χ0v) is 25.2. The molecule has 1 heterocycles. The quantitative estimate of drug-likeness (QED) is 0.191. The fraction of sp³-hybridized carbons (Fsp3) is 0.333. The summed E-state index contributed by atoms with van der Waals surface area (Å²) in [5, 5.41) is 22.2. The highest BCUT2D eigenvalue weighted by atomic mass is 16.5. The van der Waals surface area contributed by atoms with Crippen LogP contribution in [0.4, 0.5) is 0 Å². The Labute approximate surface area is 238 Å². The number of aryl methyl sites for hydroxylation is 2. The fourth-order valence-corrected chi connectivity index (χ4v) is 5.46. The van der Waals surface area contributed by atoms with E-state index in [9.17, 15) is 10.5 Å².